The van der Waals surface area contributed by atoms with Crippen molar-refractivity contribution in [1.82, 2.24) is 15.6 Å². The first-order valence-electron chi connectivity index (χ1n) is 7.94. The van der Waals surface area contributed by atoms with E-state index in [0.717, 1.165) is 31.4 Å². The van der Waals surface area contributed by atoms with E-state index in [4.69, 9.17) is 11.6 Å². The molecule has 0 spiro atoms. The first kappa shape index (κ1) is 17.9. The van der Waals surface area contributed by atoms with Crippen LogP contribution in [0.25, 0.3) is 21.3 Å². The van der Waals surface area contributed by atoms with Crippen LogP contribution >= 0.6 is 38.9 Å². The summed E-state index contributed by atoms with van der Waals surface area (Å²) < 4.78 is 1.79. The molecule has 2 N–H and O–H groups in total. The van der Waals surface area contributed by atoms with Gasteiger partial charge in [0.15, 0.2) is 0 Å². The number of benzene rings is 2. The molecule has 134 valence electrons. The van der Waals surface area contributed by atoms with Gasteiger partial charge in [0, 0.05) is 25.7 Å². The van der Waals surface area contributed by atoms with Gasteiger partial charge in [0.2, 0.25) is 0 Å². The maximum atomic E-state index is 12.5. The Kier molecular flexibility index (Phi) is 5.07. The molecule has 0 aliphatic heterocycles. The summed E-state index contributed by atoms with van der Waals surface area (Å²) in [5, 5.41) is 12.3. The van der Waals surface area contributed by atoms with Crippen molar-refractivity contribution >= 4 is 61.1 Å². The number of nitrogens with one attached hydrogen (secondary N) is 2. The second kappa shape index (κ2) is 7.64. The lowest BCUT2D eigenvalue weighted by molar-refractivity contribution is 0.0959. The summed E-state index contributed by atoms with van der Waals surface area (Å²) in [7, 11) is 0. The van der Waals surface area contributed by atoms with Crippen molar-refractivity contribution in [3.8, 4) is 11.3 Å². The largest absolute Gasteiger partial charge is 0.283 e. The lowest BCUT2D eigenvalue weighted by atomic mass is 10.1. The number of aromatic nitrogens is 2. The Hall–Kier alpha value is -2.48. The Bertz CT molecular complexity index is 1150. The molecule has 1 amide bonds. The number of hydrogen-bond acceptors (Lipinski definition) is 4. The minimum absolute atomic E-state index is 0.353. The maximum Gasteiger partial charge on any atom is 0.283 e. The lowest BCUT2D eigenvalue weighted by Crippen LogP contribution is -2.16. The van der Waals surface area contributed by atoms with Crippen molar-refractivity contribution in [1.29, 1.82) is 0 Å². The summed E-state index contributed by atoms with van der Waals surface area (Å²) in [6.45, 7) is 0. The second-order valence-corrected chi connectivity index (χ2v) is 7.91. The number of carbonyl (C=O) groups excluding carboxylic acids is 1. The highest BCUT2D eigenvalue weighted by Gasteiger charge is 2.18. The molecule has 2 aromatic heterocycles. The summed E-state index contributed by atoms with van der Waals surface area (Å²) in [6.07, 6.45) is 3.21. The highest BCUT2D eigenvalue weighted by molar-refractivity contribution is 9.10. The Labute approximate surface area is 172 Å². The molecule has 0 bridgehead atoms. The van der Waals surface area contributed by atoms with Gasteiger partial charge in [0.1, 0.15) is 4.88 Å². The molecule has 0 saturated carbocycles. The Morgan fingerprint density at radius 1 is 1.22 bits per heavy atom. The van der Waals surface area contributed by atoms with Crippen LogP contribution in [0, 0.1) is 0 Å². The zero-order chi connectivity index (χ0) is 18.8. The van der Waals surface area contributed by atoms with Gasteiger partial charge in [-0.15, -0.1) is 11.3 Å². The molecule has 4 rings (SSSR count). The van der Waals surface area contributed by atoms with Crippen molar-refractivity contribution in [2.24, 2.45) is 5.10 Å². The number of hydrazone groups is 1. The summed E-state index contributed by atoms with van der Waals surface area (Å²) in [5.41, 5.74) is 5.12. The molecule has 2 heterocycles. The number of aromatic amines is 1. The van der Waals surface area contributed by atoms with Gasteiger partial charge in [0.05, 0.1) is 23.1 Å². The van der Waals surface area contributed by atoms with Crippen LogP contribution in [0.5, 0.6) is 0 Å². The SMILES string of the molecule is O=C(NN=Cc1cn[nH]c1-c1ccccc1)c1sc2cccc(Br)c2c1Cl. The molecule has 27 heavy (non-hydrogen) atoms. The van der Waals surface area contributed by atoms with Crippen LogP contribution in [0.1, 0.15) is 15.2 Å². The van der Waals surface area contributed by atoms with Crippen LogP contribution in [-0.2, 0) is 0 Å². The highest BCUT2D eigenvalue weighted by Crippen LogP contribution is 2.39. The first-order valence-corrected chi connectivity index (χ1v) is 9.92. The van der Waals surface area contributed by atoms with E-state index in [1.165, 1.54) is 11.3 Å². The predicted octanol–water partition coefficient (Wildman–Crippen LogP) is 5.47. The molecular formula is C19H12BrClN4OS. The van der Waals surface area contributed by atoms with E-state index in [-0.39, 0.29) is 5.91 Å². The maximum absolute atomic E-state index is 12.5. The smallest absolute Gasteiger partial charge is 0.277 e. The van der Waals surface area contributed by atoms with Crippen LogP contribution in [0.2, 0.25) is 5.02 Å². The van der Waals surface area contributed by atoms with Crippen molar-refractivity contribution < 1.29 is 4.79 Å². The van der Waals surface area contributed by atoms with Gasteiger partial charge in [-0.05, 0) is 12.1 Å². The average Bonchev–Trinajstić information content (AvgIpc) is 3.28. The van der Waals surface area contributed by atoms with Crippen molar-refractivity contribution in [3.05, 3.63) is 74.7 Å². The Balaban J connectivity index is 1.55. The number of nitrogens with zero attached hydrogens (tertiary/aromatic N) is 2. The average molecular weight is 460 g/mol. The number of rotatable bonds is 4. The minimum Gasteiger partial charge on any atom is -0.277 e. The third kappa shape index (κ3) is 3.53. The van der Waals surface area contributed by atoms with Crippen LogP contribution in [-0.4, -0.2) is 22.3 Å². The van der Waals surface area contributed by atoms with Gasteiger partial charge in [-0.2, -0.15) is 10.2 Å². The number of amides is 1. The monoisotopic (exact) mass is 458 g/mol. The summed E-state index contributed by atoms with van der Waals surface area (Å²) in [5.74, 6) is -0.353. The normalized spacial score (nSPS) is 11.3. The number of halogens is 2. The fourth-order valence-electron chi connectivity index (χ4n) is 2.66. The number of H-pyrrole nitrogens is 1. The van der Waals surface area contributed by atoms with Crippen LogP contribution < -0.4 is 5.43 Å². The van der Waals surface area contributed by atoms with Gasteiger partial charge in [0.25, 0.3) is 5.91 Å². The van der Waals surface area contributed by atoms with E-state index in [0.29, 0.717) is 9.90 Å². The van der Waals surface area contributed by atoms with Gasteiger partial charge in [-0.1, -0.05) is 63.9 Å². The van der Waals surface area contributed by atoms with E-state index in [1.54, 1.807) is 12.4 Å². The van der Waals surface area contributed by atoms with Crippen LogP contribution in [0.15, 0.2) is 64.3 Å². The van der Waals surface area contributed by atoms with Crippen LogP contribution in [0.4, 0.5) is 0 Å². The van der Waals surface area contributed by atoms with Crippen molar-refractivity contribution in [2.75, 3.05) is 0 Å². The fraction of sp³-hybridized carbons (Fsp3) is 0. The molecular weight excluding hydrogens is 448 g/mol. The van der Waals surface area contributed by atoms with Crippen molar-refractivity contribution in [3.63, 3.8) is 0 Å². The van der Waals surface area contributed by atoms with Crippen LogP contribution in [0.3, 0.4) is 0 Å². The van der Waals surface area contributed by atoms with Gasteiger partial charge in [-0.25, -0.2) is 5.43 Å². The number of thiophene rings is 1. The molecule has 0 aliphatic carbocycles. The topological polar surface area (TPSA) is 70.1 Å². The quantitative estimate of drug-likeness (QED) is 0.314. The van der Waals surface area contributed by atoms with Gasteiger partial charge in [-0.3, -0.25) is 9.89 Å². The number of fused-ring (bicyclic) bond motifs is 1. The Morgan fingerprint density at radius 3 is 2.81 bits per heavy atom. The fourth-order valence-corrected chi connectivity index (χ4v) is 4.94. The molecule has 4 aromatic rings. The molecule has 0 fully saturated rings. The molecule has 2 aromatic carbocycles. The second-order valence-electron chi connectivity index (χ2n) is 5.62. The number of hydrogen-bond donors (Lipinski definition) is 2. The van der Waals surface area contributed by atoms with E-state index in [1.807, 2.05) is 48.5 Å². The summed E-state index contributed by atoms with van der Waals surface area (Å²) in [6, 6.07) is 15.5. The Morgan fingerprint density at radius 2 is 2.04 bits per heavy atom. The highest BCUT2D eigenvalue weighted by atomic mass is 79.9. The first-order chi connectivity index (χ1) is 13.1. The van der Waals surface area contributed by atoms with E-state index >= 15 is 0 Å². The van der Waals surface area contributed by atoms with E-state index in [9.17, 15) is 4.79 Å². The molecule has 0 radical (unpaired) electrons. The molecule has 5 nitrogen and oxygen atoms in total. The molecule has 0 unspecified atom stereocenters. The molecule has 0 atom stereocenters. The van der Waals surface area contributed by atoms with Crippen molar-refractivity contribution in [2.45, 2.75) is 0 Å². The zero-order valence-electron chi connectivity index (χ0n) is 13.7. The molecule has 0 saturated heterocycles. The summed E-state index contributed by atoms with van der Waals surface area (Å²) >= 11 is 11.2. The molecule has 8 heteroatoms. The van der Waals surface area contributed by atoms with Gasteiger partial charge < -0.3 is 0 Å². The lowest BCUT2D eigenvalue weighted by Gasteiger charge is -2.00. The molecule has 0 aliphatic rings. The third-order valence-corrected chi connectivity index (χ3v) is 6.22. The van der Waals surface area contributed by atoms with Gasteiger partial charge >= 0.3 is 0 Å². The minimum atomic E-state index is -0.353. The zero-order valence-corrected chi connectivity index (χ0v) is 16.9. The number of carbonyl (C=O) groups is 1. The summed E-state index contributed by atoms with van der Waals surface area (Å²) in [4.78, 5) is 12.9. The predicted molar refractivity (Wildman–Crippen MR) is 114 cm³/mol. The van der Waals surface area contributed by atoms with E-state index < -0.39 is 0 Å². The van der Waals surface area contributed by atoms with E-state index in [2.05, 4.69) is 36.7 Å². The standard InChI is InChI=1S/C19H12BrClN4OS/c20-13-7-4-8-14-15(13)16(21)18(27-14)19(26)25-23-10-12-9-22-24-17(12)11-5-2-1-3-6-11/h1-10H,(H,22,24)(H,25,26). The third-order valence-electron chi connectivity index (χ3n) is 3.91.